The van der Waals surface area contributed by atoms with Crippen molar-refractivity contribution in [2.45, 2.75) is 45.2 Å². The number of amides is 1. The molecule has 0 unspecified atom stereocenters. The molecule has 2 aromatic rings. The molecule has 0 saturated heterocycles. The van der Waals surface area contributed by atoms with Crippen molar-refractivity contribution < 1.29 is 4.79 Å². The van der Waals surface area contributed by atoms with Crippen molar-refractivity contribution in [3.63, 3.8) is 0 Å². The number of nitrogens with zero attached hydrogens (tertiary/aromatic N) is 2. The summed E-state index contributed by atoms with van der Waals surface area (Å²) in [6.45, 7) is 4.00. The Kier molecular flexibility index (Phi) is 4.64. The molecule has 0 spiro atoms. The van der Waals surface area contributed by atoms with Crippen molar-refractivity contribution in [2.24, 2.45) is 5.73 Å². The number of hydrogen-bond donors (Lipinski definition) is 3. The van der Waals surface area contributed by atoms with Gasteiger partial charge in [0, 0.05) is 24.5 Å². The van der Waals surface area contributed by atoms with E-state index in [1.165, 1.54) is 11.1 Å². The summed E-state index contributed by atoms with van der Waals surface area (Å²) in [7, 11) is 0. The molecular formula is C18H23N5O. The van der Waals surface area contributed by atoms with Crippen LogP contribution in [0.4, 0.5) is 11.6 Å². The molecule has 1 amide bonds. The van der Waals surface area contributed by atoms with Crippen molar-refractivity contribution in [1.82, 2.24) is 9.97 Å². The van der Waals surface area contributed by atoms with E-state index in [0.717, 1.165) is 25.1 Å². The largest absolute Gasteiger partial charge is 0.367 e. The molecule has 0 fully saturated rings. The van der Waals surface area contributed by atoms with Crippen LogP contribution >= 0.6 is 0 Å². The van der Waals surface area contributed by atoms with Crippen LogP contribution in [0.1, 0.15) is 41.8 Å². The van der Waals surface area contributed by atoms with Gasteiger partial charge in [-0.2, -0.15) is 0 Å². The Hall–Kier alpha value is -2.63. The lowest BCUT2D eigenvalue weighted by Crippen LogP contribution is -2.28. The summed E-state index contributed by atoms with van der Waals surface area (Å²) in [5, 5.41) is 6.67. The van der Waals surface area contributed by atoms with Crippen LogP contribution in [0.5, 0.6) is 0 Å². The SMILES string of the molecule is CC(C)Nc1nc(N[C@H]2CCc3cnccc3C2)ccc1C(N)=O. The average Bonchev–Trinajstić information content (AvgIpc) is 2.54. The zero-order chi connectivity index (χ0) is 17.1. The lowest BCUT2D eigenvalue weighted by atomic mass is 9.90. The minimum Gasteiger partial charge on any atom is -0.367 e. The highest BCUT2D eigenvalue weighted by molar-refractivity contribution is 5.97. The van der Waals surface area contributed by atoms with E-state index in [4.69, 9.17) is 5.73 Å². The Morgan fingerprint density at radius 1 is 1.29 bits per heavy atom. The number of nitrogens with one attached hydrogen (secondary N) is 2. The molecule has 1 aliphatic carbocycles. The maximum atomic E-state index is 11.6. The van der Waals surface area contributed by atoms with Crippen LogP contribution in [0, 0.1) is 0 Å². The third-order valence-electron chi connectivity index (χ3n) is 4.17. The molecule has 6 heteroatoms. The topological polar surface area (TPSA) is 92.9 Å². The number of aromatic nitrogens is 2. The molecule has 2 aromatic heterocycles. The molecule has 2 heterocycles. The van der Waals surface area contributed by atoms with E-state index < -0.39 is 5.91 Å². The summed E-state index contributed by atoms with van der Waals surface area (Å²) in [5.74, 6) is 0.810. The molecule has 4 N–H and O–H groups in total. The summed E-state index contributed by atoms with van der Waals surface area (Å²) >= 11 is 0. The first-order chi connectivity index (χ1) is 11.5. The Bertz CT molecular complexity index is 744. The number of anilines is 2. The first-order valence-corrected chi connectivity index (χ1v) is 8.28. The van der Waals surface area contributed by atoms with Crippen LogP contribution in [0.15, 0.2) is 30.6 Å². The first-order valence-electron chi connectivity index (χ1n) is 8.28. The van der Waals surface area contributed by atoms with Gasteiger partial charge in [0.2, 0.25) is 0 Å². The van der Waals surface area contributed by atoms with Crippen LogP contribution in [0.3, 0.4) is 0 Å². The van der Waals surface area contributed by atoms with Crippen LogP contribution < -0.4 is 16.4 Å². The average molecular weight is 325 g/mol. The summed E-state index contributed by atoms with van der Waals surface area (Å²) in [6, 6.07) is 6.11. The van der Waals surface area contributed by atoms with Gasteiger partial charge in [0.05, 0.1) is 5.56 Å². The summed E-state index contributed by atoms with van der Waals surface area (Å²) in [4.78, 5) is 20.3. The normalized spacial score (nSPS) is 16.5. The molecule has 0 bridgehead atoms. The van der Waals surface area contributed by atoms with Gasteiger partial charge in [0.1, 0.15) is 11.6 Å². The Morgan fingerprint density at radius 3 is 2.88 bits per heavy atom. The summed E-state index contributed by atoms with van der Waals surface area (Å²) in [5.41, 5.74) is 8.51. The van der Waals surface area contributed by atoms with Gasteiger partial charge >= 0.3 is 0 Å². The third-order valence-corrected chi connectivity index (χ3v) is 4.17. The molecule has 24 heavy (non-hydrogen) atoms. The maximum Gasteiger partial charge on any atom is 0.252 e. The number of fused-ring (bicyclic) bond motifs is 1. The molecular weight excluding hydrogens is 302 g/mol. The lowest BCUT2D eigenvalue weighted by molar-refractivity contribution is 0.100. The number of hydrogen-bond acceptors (Lipinski definition) is 5. The van der Waals surface area contributed by atoms with Crippen molar-refractivity contribution >= 4 is 17.5 Å². The number of nitrogens with two attached hydrogens (primary N) is 1. The van der Waals surface area contributed by atoms with Gasteiger partial charge in [-0.25, -0.2) is 4.98 Å². The van der Waals surface area contributed by atoms with Crippen LogP contribution in [0.25, 0.3) is 0 Å². The molecule has 6 nitrogen and oxygen atoms in total. The smallest absolute Gasteiger partial charge is 0.252 e. The molecule has 0 aliphatic heterocycles. The summed E-state index contributed by atoms with van der Waals surface area (Å²) in [6.07, 6.45) is 6.79. The van der Waals surface area contributed by atoms with Gasteiger partial charge in [0.15, 0.2) is 0 Å². The number of rotatable bonds is 5. The van der Waals surface area contributed by atoms with Gasteiger partial charge in [-0.1, -0.05) is 0 Å². The molecule has 1 aliphatic rings. The maximum absolute atomic E-state index is 11.6. The number of pyridine rings is 2. The minimum absolute atomic E-state index is 0.167. The molecule has 126 valence electrons. The molecule has 3 rings (SSSR count). The predicted molar refractivity (Wildman–Crippen MR) is 95.2 cm³/mol. The van der Waals surface area contributed by atoms with E-state index in [9.17, 15) is 4.79 Å². The molecule has 0 saturated carbocycles. The van der Waals surface area contributed by atoms with Crippen LogP contribution in [-0.4, -0.2) is 28.0 Å². The Morgan fingerprint density at radius 2 is 2.12 bits per heavy atom. The van der Waals surface area contributed by atoms with Crippen molar-refractivity contribution in [2.75, 3.05) is 10.6 Å². The molecule has 0 radical (unpaired) electrons. The van der Waals surface area contributed by atoms with Crippen LogP contribution in [-0.2, 0) is 12.8 Å². The standard InChI is InChI=1S/C18H23N5O/c1-11(2)21-18-15(17(19)24)5-6-16(23-18)22-14-4-3-13-10-20-8-7-12(13)9-14/h5-8,10-11,14H,3-4,9H2,1-2H3,(H2,19,24)(H2,21,22,23)/t14-/m0/s1. The highest BCUT2D eigenvalue weighted by Gasteiger charge is 2.19. The van der Waals surface area contributed by atoms with E-state index in [1.807, 2.05) is 32.3 Å². The number of aryl methyl sites for hydroxylation is 1. The van der Waals surface area contributed by atoms with Gasteiger partial charge < -0.3 is 16.4 Å². The van der Waals surface area contributed by atoms with Crippen molar-refractivity contribution in [3.8, 4) is 0 Å². The number of carbonyl (C=O) groups excluding carboxylic acids is 1. The van der Waals surface area contributed by atoms with E-state index >= 15 is 0 Å². The molecule has 0 aromatic carbocycles. The monoisotopic (exact) mass is 325 g/mol. The third kappa shape index (κ3) is 3.64. The van der Waals surface area contributed by atoms with Crippen molar-refractivity contribution in [1.29, 1.82) is 0 Å². The van der Waals surface area contributed by atoms with E-state index in [0.29, 0.717) is 17.4 Å². The van der Waals surface area contributed by atoms with E-state index in [1.54, 1.807) is 6.07 Å². The highest BCUT2D eigenvalue weighted by atomic mass is 16.1. The van der Waals surface area contributed by atoms with Crippen molar-refractivity contribution in [3.05, 3.63) is 47.3 Å². The zero-order valence-electron chi connectivity index (χ0n) is 14.0. The van der Waals surface area contributed by atoms with E-state index in [-0.39, 0.29) is 6.04 Å². The Labute approximate surface area is 141 Å². The second kappa shape index (κ2) is 6.86. The fraction of sp³-hybridized carbons (Fsp3) is 0.389. The highest BCUT2D eigenvalue weighted by Crippen LogP contribution is 2.24. The second-order valence-electron chi connectivity index (χ2n) is 6.48. The number of primary amides is 1. The second-order valence-corrected chi connectivity index (χ2v) is 6.48. The van der Waals surface area contributed by atoms with Crippen LogP contribution in [0.2, 0.25) is 0 Å². The first kappa shape index (κ1) is 16.2. The van der Waals surface area contributed by atoms with Gasteiger partial charge in [0.25, 0.3) is 5.91 Å². The van der Waals surface area contributed by atoms with Gasteiger partial charge in [-0.15, -0.1) is 0 Å². The van der Waals surface area contributed by atoms with Gasteiger partial charge in [-0.05, 0) is 62.4 Å². The van der Waals surface area contributed by atoms with Gasteiger partial charge in [-0.3, -0.25) is 9.78 Å². The lowest BCUT2D eigenvalue weighted by Gasteiger charge is -2.26. The number of carbonyl (C=O) groups is 1. The minimum atomic E-state index is -0.476. The summed E-state index contributed by atoms with van der Waals surface area (Å²) < 4.78 is 0. The van der Waals surface area contributed by atoms with E-state index in [2.05, 4.69) is 26.7 Å². The quantitative estimate of drug-likeness (QED) is 0.785. The molecule has 1 atom stereocenters. The predicted octanol–water partition coefficient (Wildman–Crippen LogP) is 2.37. The fourth-order valence-electron chi connectivity index (χ4n) is 3.03. The zero-order valence-corrected chi connectivity index (χ0v) is 14.0. The Balaban J connectivity index is 1.77. The fourth-order valence-corrected chi connectivity index (χ4v) is 3.03.